The summed E-state index contributed by atoms with van der Waals surface area (Å²) in [6.07, 6.45) is 2.13. The van der Waals surface area contributed by atoms with Gasteiger partial charge in [-0.3, -0.25) is 4.79 Å². The minimum Gasteiger partial charge on any atom is -0.490 e. The van der Waals surface area contributed by atoms with Crippen LogP contribution in [0.5, 0.6) is 11.5 Å². The number of aromatic nitrogens is 4. The lowest BCUT2D eigenvalue weighted by Crippen LogP contribution is -2.34. The summed E-state index contributed by atoms with van der Waals surface area (Å²) in [6.45, 7) is 6.18. The van der Waals surface area contributed by atoms with Crippen LogP contribution in [-0.2, 0) is 16.1 Å². The number of benzene rings is 1. The fraction of sp³-hybridized carbons (Fsp3) is 0.556. The summed E-state index contributed by atoms with van der Waals surface area (Å²) < 4.78 is 16.7. The number of hydrogen-bond acceptors (Lipinski definition) is 7. The Morgan fingerprint density at radius 2 is 2.11 bits per heavy atom. The first kappa shape index (κ1) is 19.1. The van der Waals surface area contributed by atoms with E-state index in [1.54, 1.807) is 0 Å². The Bertz CT molecular complexity index is 758. The van der Waals surface area contributed by atoms with Crippen molar-refractivity contribution < 1.29 is 19.0 Å². The molecule has 1 N–H and O–H groups in total. The third-order valence-corrected chi connectivity index (χ3v) is 4.09. The molecule has 146 valence electrons. The van der Waals surface area contributed by atoms with E-state index in [4.69, 9.17) is 14.2 Å². The zero-order chi connectivity index (χ0) is 19.1. The van der Waals surface area contributed by atoms with Gasteiger partial charge in [0.2, 0.25) is 11.7 Å². The predicted octanol–water partition coefficient (Wildman–Crippen LogP) is 1.43. The first-order valence-electron chi connectivity index (χ1n) is 9.25. The fourth-order valence-corrected chi connectivity index (χ4v) is 2.83. The van der Waals surface area contributed by atoms with Crippen molar-refractivity contribution in [2.45, 2.75) is 39.3 Å². The monoisotopic (exact) mass is 375 g/mol. The maximum Gasteiger partial charge on any atom is 0.243 e. The van der Waals surface area contributed by atoms with Crippen LogP contribution < -0.4 is 14.8 Å². The predicted molar refractivity (Wildman–Crippen MR) is 97.6 cm³/mol. The molecule has 1 unspecified atom stereocenters. The first-order valence-corrected chi connectivity index (χ1v) is 9.25. The van der Waals surface area contributed by atoms with E-state index >= 15 is 0 Å². The van der Waals surface area contributed by atoms with Gasteiger partial charge >= 0.3 is 0 Å². The first-order chi connectivity index (χ1) is 13.2. The molecule has 3 rings (SSSR count). The molecule has 1 amide bonds. The van der Waals surface area contributed by atoms with Gasteiger partial charge in [-0.2, -0.15) is 4.80 Å². The lowest BCUT2D eigenvalue weighted by Gasteiger charge is -2.11. The molecule has 1 aromatic carbocycles. The van der Waals surface area contributed by atoms with Crippen molar-refractivity contribution in [2.75, 3.05) is 26.4 Å². The smallest absolute Gasteiger partial charge is 0.243 e. The van der Waals surface area contributed by atoms with Gasteiger partial charge < -0.3 is 19.5 Å². The topological polar surface area (TPSA) is 100 Å². The van der Waals surface area contributed by atoms with E-state index in [0.717, 1.165) is 25.0 Å². The van der Waals surface area contributed by atoms with Crippen molar-refractivity contribution >= 4 is 5.91 Å². The van der Waals surface area contributed by atoms with Crippen LogP contribution in [0.4, 0.5) is 0 Å². The van der Waals surface area contributed by atoms with Gasteiger partial charge in [-0.1, -0.05) is 0 Å². The summed E-state index contributed by atoms with van der Waals surface area (Å²) in [4.78, 5) is 13.3. The van der Waals surface area contributed by atoms with Crippen LogP contribution in [-0.4, -0.2) is 58.6 Å². The summed E-state index contributed by atoms with van der Waals surface area (Å²) >= 11 is 0. The highest BCUT2D eigenvalue weighted by atomic mass is 16.5. The summed E-state index contributed by atoms with van der Waals surface area (Å²) in [5, 5.41) is 15.1. The van der Waals surface area contributed by atoms with Crippen molar-refractivity contribution in [2.24, 2.45) is 0 Å². The Hall–Kier alpha value is -2.68. The third kappa shape index (κ3) is 5.16. The molecule has 9 heteroatoms. The van der Waals surface area contributed by atoms with Crippen molar-refractivity contribution in [1.82, 2.24) is 25.5 Å². The van der Waals surface area contributed by atoms with Gasteiger partial charge in [0.25, 0.3) is 0 Å². The molecule has 9 nitrogen and oxygen atoms in total. The summed E-state index contributed by atoms with van der Waals surface area (Å²) in [5.74, 6) is 1.55. The minimum atomic E-state index is -0.170. The number of hydrogen-bond donors (Lipinski definition) is 1. The molecule has 1 fully saturated rings. The molecule has 0 spiro atoms. The molecular weight excluding hydrogens is 350 g/mol. The number of nitrogens with one attached hydrogen (secondary N) is 1. The zero-order valence-electron chi connectivity index (χ0n) is 15.7. The number of nitrogens with zero attached hydrogens (tertiary/aromatic N) is 4. The molecule has 1 aliphatic heterocycles. The van der Waals surface area contributed by atoms with E-state index in [9.17, 15) is 4.79 Å². The molecule has 1 aromatic heterocycles. The minimum absolute atomic E-state index is 0.00899. The normalized spacial score (nSPS) is 16.3. The van der Waals surface area contributed by atoms with Gasteiger partial charge in [0.15, 0.2) is 11.5 Å². The second-order valence-corrected chi connectivity index (χ2v) is 6.11. The van der Waals surface area contributed by atoms with Crippen LogP contribution in [0, 0.1) is 0 Å². The van der Waals surface area contributed by atoms with Crippen LogP contribution in [0.15, 0.2) is 18.2 Å². The number of tetrazole rings is 1. The molecule has 0 saturated carbocycles. The van der Waals surface area contributed by atoms with Gasteiger partial charge in [0, 0.05) is 18.7 Å². The number of carbonyl (C=O) groups excluding carboxylic acids is 1. The Balaban J connectivity index is 1.62. The number of amides is 1. The van der Waals surface area contributed by atoms with E-state index in [2.05, 4.69) is 20.7 Å². The molecule has 0 radical (unpaired) electrons. The van der Waals surface area contributed by atoms with Crippen LogP contribution in [0.25, 0.3) is 11.4 Å². The van der Waals surface area contributed by atoms with E-state index in [1.807, 2.05) is 32.0 Å². The van der Waals surface area contributed by atoms with E-state index in [1.165, 1.54) is 4.80 Å². The molecule has 1 atom stereocenters. The molecule has 2 aromatic rings. The maximum atomic E-state index is 12.0. The quantitative estimate of drug-likeness (QED) is 0.708. The molecule has 1 aliphatic rings. The van der Waals surface area contributed by atoms with Crippen molar-refractivity contribution in [3.05, 3.63) is 18.2 Å². The zero-order valence-corrected chi connectivity index (χ0v) is 15.7. The Labute approximate surface area is 158 Å². The molecule has 27 heavy (non-hydrogen) atoms. The average molecular weight is 375 g/mol. The summed E-state index contributed by atoms with van der Waals surface area (Å²) in [6, 6.07) is 5.47. The van der Waals surface area contributed by atoms with Crippen LogP contribution in [0.3, 0.4) is 0 Å². The second kappa shape index (κ2) is 9.31. The van der Waals surface area contributed by atoms with Gasteiger partial charge in [-0.25, -0.2) is 0 Å². The van der Waals surface area contributed by atoms with Crippen molar-refractivity contribution in [1.29, 1.82) is 0 Å². The lowest BCUT2D eigenvalue weighted by molar-refractivity contribution is -0.122. The summed E-state index contributed by atoms with van der Waals surface area (Å²) in [5.41, 5.74) is 0.743. The average Bonchev–Trinajstić information content (AvgIpc) is 3.34. The largest absolute Gasteiger partial charge is 0.490 e. The van der Waals surface area contributed by atoms with Gasteiger partial charge in [-0.15, -0.1) is 10.2 Å². The van der Waals surface area contributed by atoms with Crippen molar-refractivity contribution in [3.8, 4) is 22.9 Å². The maximum absolute atomic E-state index is 12.0. The van der Waals surface area contributed by atoms with Crippen molar-refractivity contribution in [3.63, 3.8) is 0 Å². The third-order valence-electron chi connectivity index (χ3n) is 4.09. The highest BCUT2D eigenvalue weighted by Gasteiger charge is 2.17. The standard InChI is InChI=1S/C18H25N5O4/c1-3-25-15-8-7-13(10-16(15)26-4-2)18-20-22-23(21-18)12-17(24)19-11-14-6-5-9-27-14/h7-8,10,14H,3-6,9,11-12H2,1-2H3,(H,19,24). The molecule has 0 bridgehead atoms. The van der Waals surface area contributed by atoms with Crippen LogP contribution in [0.1, 0.15) is 26.7 Å². The summed E-state index contributed by atoms with van der Waals surface area (Å²) in [7, 11) is 0. The Kier molecular flexibility index (Phi) is 6.59. The van der Waals surface area contributed by atoms with Gasteiger partial charge in [0.1, 0.15) is 6.54 Å². The van der Waals surface area contributed by atoms with Crippen LogP contribution in [0.2, 0.25) is 0 Å². The van der Waals surface area contributed by atoms with Gasteiger partial charge in [0.05, 0.1) is 19.3 Å². The van der Waals surface area contributed by atoms with E-state index in [-0.39, 0.29) is 18.6 Å². The molecule has 2 heterocycles. The SMILES string of the molecule is CCOc1ccc(-c2nnn(CC(=O)NCC3CCCO3)n2)cc1OCC. The lowest BCUT2D eigenvalue weighted by atomic mass is 10.2. The molecule has 0 aliphatic carbocycles. The van der Waals surface area contributed by atoms with Gasteiger partial charge in [-0.05, 0) is 50.1 Å². The molecule has 1 saturated heterocycles. The fourth-order valence-electron chi connectivity index (χ4n) is 2.83. The van der Waals surface area contributed by atoms with E-state index in [0.29, 0.717) is 37.1 Å². The second-order valence-electron chi connectivity index (χ2n) is 6.11. The molecular formula is C18H25N5O4. The number of rotatable bonds is 9. The van der Waals surface area contributed by atoms with E-state index < -0.39 is 0 Å². The Morgan fingerprint density at radius 1 is 1.30 bits per heavy atom. The number of ether oxygens (including phenoxy) is 3. The highest BCUT2D eigenvalue weighted by molar-refractivity contribution is 5.75. The van der Waals surface area contributed by atoms with Crippen LogP contribution >= 0.6 is 0 Å². The Morgan fingerprint density at radius 3 is 2.85 bits per heavy atom. The number of carbonyl (C=O) groups is 1. The highest BCUT2D eigenvalue weighted by Crippen LogP contribution is 2.31.